The number of carbonyl (C=O) groups is 1. The van der Waals surface area contributed by atoms with Gasteiger partial charge in [0.25, 0.3) is 0 Å². The van der Waals surface area contributed by atoms with Gasteiger partial charge in [-0.2, -0.15) is 0 Å². The number of hydrogen-bond acceptors (Lipinski definition) is 3. The van der Waals surface area contributed by atoms with Crippen LogP contribution >= 0.6 is 11.6 Å². The van der Waals surface area contributed by atoms with Crippen molar-refractivity contribution in [3.8, 4) is 0 Å². The van der Waals surface area contributed by atoms with Crippen LogP contribution in [0.15, 0.2) is 12.3 Å². The number of aryl methyl sites for hydroxylation is 1. The van der Waals surface area contributed by atoms with Crippen LogP contribution in [0.1, 0.15) is 24.8 Å². The van der Waals surface area contributed by atoms with Crippen LogP contribution in [0.4, 0.5) is 10.5 Å². The Bertz CT molecular complexity index is 495. The summed E-state index contributed by atoms with van der Waals surface area (Å²) in [5, 5.41) is 13.0. The van der Waals surface area contributed by atoms with Gasteiger partial charge in [-0.05, 0) is 31.4 Å². The molecule has 6 heteroatoms. The number of amides is 2. The van der Waals surface area contributed by atoms with E-state index in [-0.39, 0.29) is 18.1 Å². The third kappa shape index (κ3) is 3.61. The molecule has 0 radical (unpaired) electrons. The van der Waals surface area contributed by atoms with E-state index in [0.29, 0.717) is 17.4 Å². The highest BCUT2D eigenvalue weighted by atomic mass is 35.5. The molecule has 2 N–H and O–H groups in total. The van der Waals surface area contributed by atoms with Gasteiger partial charge in [-0.3, -0.25) is 0 Å². The average molecular weight is 298 g/mol. The van der Waals surface area contributed by atoms with Gasteiger partial charge in [-0.15, -0.1) is 0 Å². The largest absolute Gasteiger partial charge is 0.393 e. The molecule has 0 saturated heterocycles. The summed E-state index contributed by atoms with van der Waals surface area (Å²) in [5.74, 6) is 0.177. The van der Waals surface area contributed by atoms with Crippen LogP contribution in [0.25, 0.3) is 0 Å². The molecule has 1 saturated carbocycles. The number of rotatable bonds is 3. The number of pyridine rings is 1. The number of aliphatic hydroxyl groups is 1. The van der Waals surface area contributed by atoms with Crippen LogP contribution in [0.5, 0.6) is 0 Å². The Morgan fingerprint density at radius 3 is 2.95 bits per heavy atom. The van der Waals surface area contributed by atoms with Crippen LogP contribution in [-0.4, -0.2) is 40.7 Å². The molecule has 110 valence electrons. The van der Waals surface area contributed by atoms with Crippen molar-refractivity contribution in [1.82, 2.24) is 9.88 Å². The summed E-state index contributed by atoms with van der Waals surface area (Å²) in [4.78, 5) is 17.7. The fraction of sp³-hybridized carbons (Fsp3) is 0.571. The Morgan fingerprint density at radius 2 is 2.35 bits per heavy atom. The Kier molecular flexibility index (Phi) is 4.83. The first-order chi connectivity index (χ1) is 9.47. The second kappa shape index (κ2) is 6.41. The van der Waals surface area contributed by atoms with Gasteiger partial charge in [-0.25, -0.2) is 9.78 Å². The lowest BCUT2D eigenvalue weighted by Crippen LogP contribution is -2.37. The molecule has 5 nitrogen and oxygen atoms in total. The average Bonchev–Trinajstić information content (AvgIpc) is 2.79. The number of nitrogens with one attached hydrogen (secondary N) is 1. The molecule has 2 amide bonds. The number of carbonyl (C=O) groups excluding carboxylic acids is 1. The van der Waals surface area contributed by atoms with Crippen LogP contribution in [0, 0.1) is 12.8 Å². The van der Waals surface area contributed by atoms with Crippen molar-refractivity contribution < 1.29 is 9.90 Å². The van der Waals surface area contributed by atoms with E-state index in [2.05, 4.69) is 10.3 Å². The Hall–Kier alpha value is -1.33. The van der Waals surface area contributed by atoms with Crippen LogP contribution in [-0.2, 0) is 0 Å². The van der Waals surface area contributed by atoms with E-state index in [9.17, 15) is 9.90 Å². The molecular weight excluding hydrogens is 278 g/mol. The third-order valence-electron chi connectivity index (χ3n) is 3.74. The van der Waals surface area contributed by atoms with Gasteiger partial charge < -0.3 is 15.3 Å². The number of urea groups is 1. The molecule has 0 bridgehead atoms. The predicted molar refractivity (Wildman–Crippen MR) is 79.0 cm³/mol. The van der Waals surface area contributed by atoms with Crippen LogP contribution in [0.3, 0.4) is 0 Å². The first-order valence-corrected chi connectivity index (χ1v) is 7.17. The summed E-state index contributed by atoms with van der Waals surface area (Å²) in [6.07, 6.45) is 4.08. The number of aliphatic hydroxyl groups excluding tert-OH is 1. The van der Waals surface area contributed by atoms with Crippen molar-refractivity contribution in [2.45, 2.75) is 32.3 Å². The van der Waals surface area contributed by atoms with Gasteiger partial charge >= 0.3 is 6.03 Å². The van der Waals surface area contributed by atoms with Gasteiger partial charge in [0, 0.05) is 19.5 Å². The normalized spacial score (nSPS) is 21.8. The molecule has 1 aliphatic rings. The van der Waals surface area contributed by atoms with Crippen molar-refractivity contribution in [2.75, 3.05) is 18.9 Å². The maximum absolute atomic E-state index is 12.1. The molecule has 20 heavy (non-hydrogen) atoms. The van der Waals surface area contributed by atoms with E-state index in [1.807, 2.05) is 6.92 Å². The molecule has 2 atom stereocenters. The topological polar surface area (TPSA) is 65.5 Å². The van der Waals surface area contributed by atoms with Crippen molar-refractivity contribution in [2.24, 2.45) is 5.92 Å². The summed E-state index contributed by atoms with van der Waals surface area (Å²) in [6, 6.07) is 1.58. The molecule has 2 unspecified atom stereocenters. The van der Waals surface area contributed by atoms with Gasteiger partial charge in [-0.1, -0.05) is 18.0 Å². The predicted octanol–water partition coefficient (Wildman–Crippen LogP) is 2.67. The molecular formula is C14H20ClN3O2. The van der Waals surface area contributed by atoms with E-state index in [4.69, 9.17) is 11.6 Å². The molecule has 2 rings (SSSR count). The van der Waals surface area contributed by atoms with Crippen molar-refractivity contribution in [3.63, 3.8) is 0 Å². The van der Waals surface area contributed by atoms with E-state index in [0.717, 1.165) is 24.8 Å². The number of aromatic nitrogens is 1. The molecule has 1 aliphatic carbocycles. The molecule has 0 aliphatic heterocycles. The number of nitrogens with zero attached hydrogens (tertiary/aromatic N) is 2. The summed E-state index contributed by atoms with van der Waals surface area (Å²) in [7, 11) is 1.73. The van der Waals surface area contributed by atoms with E-state index < -0.39 is 0 Å². The lowest BCUT2D eigenvalue weighted by Gasteiger charge is -2.23. The zero-order valence-corrected chi connectivity index (χ0v) is 12.5. The Morgan fingerprint density at radius 1 is 1.60 bits per heavy atom. The van der Waals surface area contributed by atoms with E-state index in [1.165, 1.54) is 6.20 Å². The molecule has 1 aromatic rings. The molecule has 1 heterocycles. The second-order valence-corrected chi connectivity index (χ2v) is 5.76. The Balaban J connectivity index is 1.91. The fourth-order valence-corrected chi connectivity index (χ4v) is 2.61. The van der Waals surface area contributed by atoms with Crippen LogP contribution < -0.4 is 5.32 Å². The van der Waals surface area contributed by atoms with Crippen molar-refractivity contribution in [1.29, 1.82) is 0 Å². The standard InChI is InChI=1S/C14H20ClN3O2/c1-9-6-11(7-16-13(9)15)17-14(20)18(2)8-10-4-3-5-12(10)19/h6-7,10,12,19H,3-5,8H2,1-2H3,(H,17,20). The number of anilines is 1. The molecule has 1 fully saturated rings. The summed E-state index contributed by atoms with van der Waals surface area (Å²) >= 11 is 5.85. The highest BCUT2D eigenvalue weighted by Gasteiger charge is 2.27. The lowest BCUT2D eigenvalue weighted by atomic mass is 10.1. The van der Waals surface area contributed by atoms with Crippen molar-refractivity contribution >= 4 is 23.3 Å². The second-order valence-electron chi connectivity index (χ2n) is 5.40. The maximum Gasteiger partial charge on any atom is 0.321 e. The minimum Gasteiger partial charge on any atom is -0.393 e. The summed E-state index contributed by atoms with van der Waals surface area (Å²) < 4.78 is 0. The van der Waals surface area contributed by atoms with Crippen LogP contribution in [0.2, 0.25) is 5.15 Å². The SMILES string of the molecule is Cc1cc(NC(=O)N(C)CC2CCCC2O)cnc1Cl. The van der Waals surface area contributed by atoms with Crippen molar-refractivity contribution in [3.05, 3.63) is 23.0 Å². The Labute approximate surface area is 123 Å². The third-order valence-corrected chi connectivity index (χ3v) is 4.14. The molecule has 1 aromatic heterocycles. The van der Waals surface area contributed by atoms with Gasteiger partial charge in [0.05, 0.1) is 18.0 Å². The maximum atomic E-state index is 12.1. The summed E-state index contributed by atoms with van der Waals surface area (Å²) in [6.45, 7) is 2.40. The smallest absolute Gasteiger partial charge is 0.321 e. The van der Waals surface area contributed by atoms with E-state index in [1.54, 1.807) is 18.0 Å². The first-order valence-electron chi connectivity index (χ1n) is 6.79. The van der Waals surface area contributed by atoms with E-state index >= 15 is 0 Å². The zero-order valence-electron chi connectivity index (χ0n) is 11.8. The first kappa shape index (κ1) is 15.1. The zero-order chi connectivity index (χ0) is 14.7. The minimum atomic E-state index is -0.287. The quantitative estimate of drug-likeness (QED) is 0.843. The monoisotopic (exact) mass is 297 g/mol. The summed E-state index contributed by atoms with van der Waals surface area (Å²) in [5.41, 5.74) is 1.44. The minimum absolute atomic E-state index is 0.177. The lowest BCUT2D eigenvalue weighted by molar-refractivity contribution is 0.116. The van der Waals surface area contributed by atoms with Gasteiger partial charge in [0.1, 0.15) is 5.15 Å². The molecule has 0 aromatic carbocycles. The van der Waals surface area contributed by atoms with Gasteiger partial charge in [0.15, 0.2) is 0 Å². The highest BCUT2D eigenvalue weighted by molar-refractivity contribution is 6.30. The van der Waals surface area contributed by atoms with Gasteiger partial charge in [0.2, 0.25) is 0 Å². The fourth-order valence-electron chi connectivity index (χ4n) is 2.51. The highest BCUT2D eigenvalue weighted by Crippen LogP contribution is 2.26. The number of halogens is 1. The number of hydrogen-bond donors (Lipinski definition) is 2. The molecule has 0 spiro atoms.